The SMILES string of the molecule is N#CN1CCN2CCN(c3ncc(N4CCCC[C@@H]4Cc4ccccc4)s3)C(=O)[C@@H]2C1. The number of rotatable bonds is 4. The lowest BCUT2D eigenvalue weighted by molar-refractivity contribution is -0.127. The Morgan fingerprint density at radius 2 is 1.94 bits per heavy atom. The lowest BCUT2D eigenvalue weighted by atomic mass is 9.96. The van der Waals surface area contributed by atoms with Crippen LogP contribution in [0.25, 0.3) is 0 Å². The van der Waals surface area contributed by atoms with Crippen LogP contribution in [0.1, 0.15) is 24.8 Å². The molecule has 0 radical (unpaired) electrons. The van der Waals surface area contributed by atoms with E-state index < -0.39 is 0 Å². The number of carbonyl (C=O) groups excluding carboxylic acids is 1. The molecule has 3 aliphatic rings. The van der Waals surface area contributed by atoms with Crippen molar-refractivity contribution < 1.29 is 4.79 Å². The number of piperazine rings is 2. The van der Waals surface area contributed by atoms with Crippen LogP contribution in [0.2, 0.25) is 0 Å². The molecule has 3 fully saturated rings. The third kappa shape index (κ3) is 4.12. The van der Waals surface area contributed by atoms with E-state index >= 15 is 0 Å². The van der Waals surface area contributed by atoms with Gasteiger partial charge in [0.25, 0.3) is 0 Å². The molecule has 0 bridgehead atoms. The molecule has 1 aromatic carbocycles. The van der Waals surface area contributed by atoms with E-state index in [0.717, 1.165) is 36.2 Å². The minimum atomic E-state index is -0.240. The third-order valence-electron chi connectivity index (χ3n) is 6.73. The molecular weight excluding hydrogens is 408 g/mol. The van der Waals surface area contributed by atoms with Crippen LogP contribution < -0.4 is 9.80 Å². The molecule has 2 atom stereocenters. The predicted molar refractivity (Wildman–Crippen MR) is 122 cm³/mol. The Hall–Kier alpha value is -2.63. The summed E-state index contributed by atoms with van der Waals surface area (Å²) in [6.45, 7) is 4.51. The van der Waals surface area contributed by atoms with Gasteiger partial charge in [-0.3, -0.25) is 14.6 Å². The summed E-state index contributed by atoms with van der Waals surface area (Å²) in [6, 6.07) is 10.9. The van der Waals surface area contributed by atoms with E-state index in [0.29, 0.717) is 25.7 Å². The zero-order valence-corrected chi connectivity index (χ0v) is 18.5. The minimum absolute atomic E-state index is 0.0755. The Morgan fingerprint density at radius 1 is 1.10 bits per heavy atom. The number of anilines is 2. The average molecular weight is 437 g/mol. The molecule has 0 N–H and O–H groups in total. The number of hydrogen-bond acceptors (Lipinski definition) is 7. The van der Waals surface area contributed by atoms with Crippen molar-refractivity contribution >= 4 is 27.4 Å². The zero-order valence-electron chi connectivity index (χ0n) is 17.7. The van der Waals surface area contributed by atoms with Gasteiger partial charge in [0.2, 0.25) is 5.91 Å². The maximum Gasteiger partial charge on any atom is 0.248 e. The topological polar surface area (TPSA) is 66.7 Å². The van der Waals surface area contributed by atoms with Crippen molar-refractivity contribution in [3.05, 3.63) is 42.1 Å². The van der Waals surface area contributed by atoms with Gasteiger partial charge in [-0.05, 0) is 31.2 Å². The summed E-state index contributed by atoms with van der Waals surface area (Å²) in [5, 5.41) is 11.2. The number of aromatic nitrogens is 1. The number of nitriles is 1. The highest BCUT2D eigenvalue weighted by molar-refractivity contribution is 7.19. The van der Waals surface area contributed by atoms with Gasteiger partial charge >= 0.3 is 0 Å². The largest absolute Gasteiger partial charge is 0.359 e. The van der Waals surface area contributed by atoms with Crippen LogP contribution in [0.3, 0.4) is 0 Å². The van der Waals surface area contributed by atoms with E-state index in [1.807, 2.05) is 11.1 Å². The van der Waals surface area contributed by atoms with E-state index in [4.69, 9.17) is 0 Å². The van der Waals surface area contributed by atoms with Crippen LogP contribution in [-0.2, 0) is 11.2 Å². The predicted octanol–water partition coefficient (Wildman–Crippen LogP) is 2.56. The van der Waals surface area contributed by atoms with Gasteiger partial charge in [-0.2, -0.15) is 5.26 Å². The lowest BCUT2D eigenvalue weighted by Gasteiger charge is -2.44. The molecular formula is C23H28N6OS. The second-order valence-corrected chi connectivity index (χ2v) is 9.59. The van der Waals surface area contributed by atoms with Gasteiger partial charge < -0.3 is 9.80 Å². The maximum absolute atomic E-state index is 13.2. The standard InChI is InChI=1S/C23H28N6OS/c24-17-26-10-11-27-12-13-29(22(30)20(27)16-26)23-25-15-21(31-23)28-9-5-4-8-19(28)14-18-6-2-1-3-7-18/h1-3,6-7,15,19-20H,4-5,8-14,16H2/t19-,20+/m1/s1. The Morgan fingerprint density at radius 3 is 2.77 bits per heavy atom. The van der Waals surface area contributed by atoms with E-state index in [1.165, 1.54) is 24.8 Å². The average Bonchev–Trinajstić information content (AvgIpc) is 3.30. The number of carbonyl (C=O) groups is 1. The summed E-state index contributed by atoms with van der Waals surface area (Å²) in [5.74, 6) is 0.0755. The fourth-order valence-electron chi connectivity index (χ4n) is 5.03. The summed E-state index contributed by atoms with van der Waals surface area (Å²) in [4.78, 5) is 26.1. The van der Waals surface area contributed by atoms with Crippen LogP contribution in [-0.4, -0.2) is 72.0 Å². The zero-order chi connectivity index (χ0) is 21.2. The second-order valence-electron chi connectivity index (χ2n) is 8.60. The fraction of sp³-hybridized carbons (Fsp3) is 0.522. The molecule has 8 heteroatoms. The number of amides is 1. The summed E-state index contributed by atoms with van der Waals surface area (Å²) in [5.41, 5.74) is 1.37. The number of fused-ring (bicyclic) bond motifs is 1. The van der Waals surface area contributed by atoms with Gasteiger partial charge in [-0.25, -0.2) is 4.98 Å². The number of hydrogen-bond donors (Lipinski definition) is 0. The van der Waals surface area contributed by atoms with E-state index in [1.54, 1.807) is 16.2 Å². The van der Waals surface area contributed by atoms with Crippen molar-refractivity contribution in [1.29, 1.82) is 5.26 Å². The number of benzene rings is 1. The van der Waals surface area contributed by atoms with E-state index in [2.05, 4.69) is 51.3 Å². The smallest absolute Gasteiger partial charge is 0.248 e. The van der Waals surface area contributed by atoms with Gasteiger partial charge in [0.15, 0.2) is 11.3 Å². The number of nitrogens with zero attached hydrogens (tertiary/aromatic N) is 6. The molecule has 5 rings (SSSR count). The Bertz CT molecular complexity index is 956. The molecule has 0 saturated carbocycles. The lowest BCUT2D eigenvalue weighted by Crippen LogP contribution is -2.64. The molecule has 0 unspecified atom stereocenters. The molecule has 31 heavy (non-hydrogen) atoms. The first-order valence-electron chi connectivity index (χ1n) is 11.2. The molecule has 7 nitrogen and oxygen atoms in total. The molecule has 3 saturated heterocycles. The molecule has 0 aliphatic carbocycles. The first-order chi connectivity index (χ1) is 15.2. The van der Waals surface area contributed by atoms with Crippen molar-refractivity contribution in [2.24, 2.45) is 0 Å². The molecule has 1 amide bonds. The van der Waals surface area contributed by atoms with Crippen LogP contribution in [0, 0.1) is 11.5 Å². The first-order valence-corrected chi connectivity index (χ1v) is 12.0. The van der Waals surface area contributed by atoms with Gasteiger partial charge in [0, 0.05) is 38.8 Å². The van der Waals surface area contributed by atoms with Crippen molar-refractivity contribution in [3.8, 4) is 6.19 Å². The minimum Gasteiger partial charge on any atom is -0.359 e. The summed E-state index contributed by atoms with van der Waals surface area (Å²) in [7, 11) is 0. The Kier molecular flexibility index (Phi) is 5.79. The number of thiazole rings is 1. The van der Waals surface area contributed by atoms with Gasteiger partial charge in [0.1, 0.15) is 11.0 Å². The summed E-state index contributed by atoms with van der Waals surface area (Å²) in [6.07, 6.45) is 8.83. The van der Waals surface area contributed by atoms with Crippen LogP contribution in [0.15, 0.2) is 36.5 Å². The molecule has 4 heterocycles. The van der Waals surface area contributed by atoms with Crippen LogP contribution in [0.5, 0.6) is 0 Å². The quantitative estimate of drug-likeness (QED) is 0.687. The normalized spacial score (nSPS) is 24.7. The number of piperidine rings is 1. The van der Waals surface area contributed by atoms with Gasteiger partial charge in [0.05, 0.1) is 12.7 Å². The molecule has 0 spiro atoms. The highest BCUT2D eigenvalue weighted by atomic mass is 32.1. The molecule has 162 valence electrons. The molecule has 1 aromatic heterocycles. The monoisotopic (exact) mass is 436 g/mol. The highest BCUT2D eigenvalue weighted by Gasteiger charge is 2.40. The van der Waals surface area contributed by atoms with Crippen molar-refractivity contribution in [2.45, 2.75) is 37.8 Å². The maximum atomic E-state index is 13.2. The van der Waals surface area contributed by atoms with Crippen LogP contribution in [0.4, 0.5) is 10.1 Å². The van der Waals surface area contributed by atoms with Crippen molar-refractivity contribution in [2.75, 3.05) is 49.1 Å². The third-order valence-corrected chi connectivity index (χ3v) is 7.79. The van der Waals surface area contributed by atoms with E-state index in [-0.39, 0.29) is 11.9 Å². The van der Waals surface area contributed by atoms with Crippen LogP contribution >= 0.6 is 11.3 Å². The Balaban J connectivity index is 1.32. The molecule has 3 aliphatic heterocycles. The van der Waals surface area contributed by atoms with E-state index in [9.17, 15) is 10.1 Å². The first kappa shape index (κ1) is 20.3. The summed E-state index contributed by atoms with van der Waals surface area (Å²) < 4.78 is 0. The van der Waals surface area contributed by atoms with Crippen molar-refractivity contribution in [1.82, 2.24) is 14.8 Å². The van der Waals surface area contributed by atoms with Crippen molar-refractivity contribution in [3.63, 3.8) is 0 Å². The van der Waals surface area contributed by atoms with Gasteiger partial charge in [-0.15, -0.1) is 0 Å². The second kappa shape index (κ2) is 8.85. The fourth-order valence-corrected chi connectivity index (χ4v) is 6.07. The molecule has 2 aromatic rings. The van der Waals surface area contributed by atoms with Gasteiger partial charge in [-0.1, -0.05) is 41.7 Å². The highest BCUT2D eigenvalue weighted by Crippen LogP contribution is 2.36. The Labute approximate surface area is 187 Å². The summed E-state index contributed by atoms with van der Waals surface area (Å²) >= 11 is 1.63.